The Morgan fingerprint density at radius 2 is 2.00 bits per heavy atom. The third-order valence-corrected chi connectivity index (χ3v) is 3.46. The molecule has 0 aliphatic heterocycles. The van der Waals surface area contributed by atoms with Crippen molar-refractivity contribution in [2.75, 3.05) is 0 Å². The van der Waals surface area contributed by atoms with Crippen LogP contribution in [0.2, 0.25) is 0 Å². The van der Waals surface area contributed by atoms with E-state index >= 15 is 0 Å². The van der Waals surface area contributed by atoms with Crippen LogP contribution >= 0.6 is 15.9 Å². The third kappa shape index (κ3) is 2.55. The minimum Gasteiger partial charge on any atom is -0.455 e. The van der Waals surface area contributed by atoms with Crippen LogP contribution in [0, 0.1) is 10.1 Å². The average molecular weight is 346 g/mol. The summed E-state index contributed by atoms with van der Waals surface area (Å²) in [4.78, 5) is 18.6. The van der Waals surface area contributed by atoms with Crippen molar-refractivity contribution in [3.05, 3.63) is 63.5 Å². The van der Waals surface area contributed by atoms with Crippen molar-refractivity contribution in [1.29, 1.82) is 0 Å². The molecule has 0 radical (unpaired) electrons. The van der Waals surface area contributed by atoms with E-state index in [1.54, 1.807) is 36.7 Å². The number of non-ortho nitro benzene ring substituents is 1. The summed E-state index contributed by atoms with van der Waals surface area (Å²) in [5, 5.41) is 11.6. The third-order valence-electron chi connectivity index (χ3n) is 2.86. The normalized spacial score (nSPS) is 10.5. The number of rotatable bonds is 3. The monoisotopic (exact) mass is 345 g/mol. The van der Waals surface area contributed by atoms with E-state index in [-0.39, 0.29) is 5.69 Å². The Labute approximate surface area is 127 Å². The van der Waals surface area contributed by atoms with Crippen molar-refractivity contribution in [2.45, 2.75) is 0 Å². The zero-order valence-corrected chi connectivity index (χ0v) is 12.1. The molecule has 0 saturated carbocycles. The van der Waals surface area contributed by atoms with Crippen LogP contribution in [-0.4, -0.2) is 14.9 Å². The lowest BCUT2D eigenvalue weighted by Crippen LogP contribution is -1.94. The highest BCUT2D eigenvalue weighted by molar-refractivity contribution is 9.10. The Kier molecular flexibility index (Phi) is 3.49. The molecule has 7 heteroatoms. The first-order chi connectivity index (χ1) is 10.2. The molecule has 0 spiro atoms. The van der Waals surface area contributed by atoms with Gasteiger partial charge in [0.15, 0.2) is 5.52 Å². The number of hydrogen-bond donors (Lipinski definition) is 0. The van der Waals surface area contributed by atoms with E-state index < -0.39 is 4.92 Å². The molecule has 104 valence electrons. The van der Waals surface area contributed by atoms with Crippen LogP contribution in [0.1, 0.15) is 0 Å². The van der Waals surface area contributed by atoms with Gasteiger partial charge < -0.3 is 4.74 Å². The van der Waals surface area contributed by atoms with Crippen molar-refractivity contribution in [2.24, 2.45) is 0 Å². The summed E-state index contributed by atoms with van der Waals surface area (Å²) in [5.74, 6) is 1.07. The summed E-state index contributed by atoms with van der Waals surface area (Å²) in [6.45, 7) is 0. The quantitative estimate of drug-likeness (QED) is 0.527. The summed E-state index contributed by atoms with van der Waals surface area (Å²) in [6, 6.07) is 8.10. The van der Waals surface area contributed by atoms with Crippen LogP contribution in [0.25, 0.3) is 10.9 Å². The van der Waals surface area contributed by atoms with Gasteiger partial charge in [-0.3, -0.25) is 15.1 Å². The highest BCUT2D eigenvalue weighted by atomic mass is 79.9. The fraction of sp³-hybridized carbons (Fsp3) is 0. The zero-order valence-electron chi connectivity index (χ0n) is 10.6. The lowest BCUT2D eigenvalue weighted by Gasteiger charge is -2.09. The topological polar surface area (TPSA) is 78.2 Å². The molecular weight excluding hydrogens is 338 g/mol. The standard InChI is InChI=1S/C14H8BrN3O3/c15-10-8-16-7-5-13(10)21-12-4-3-11(18(19)20)14-9(12)2-1-6-17-14/h1-8H. The second kappa shape index (κ2) is 5.45. The number of aromatic nitrogens is 2. The van der Waals surface area contributed by atoms with Gasteiger partial charge >= 0.3 is 0 Å². The van der Waals surface area contributed by atoms with Gasteiger partial charge in [0.25, 0.3) is 5.69 Å². The van der Waals surface area contributed by atoms with Gasteiger partial charge in [0.05, 0.1) is 9.40 Å². The first-order valence-corrected chi connectivity index (χ1v) is 6.75. The molecule has 0 bridgehead atoms. The first kappa shape index (κ1) is 13.4. The summed E-state index contributed by atoms with van der Waals surface area (Å²) >= 11 is 3.34. The van der Waals surface area contributed by atoms with Crippen molar-refractivity contribution < 1.29 is 9.66 Å². The predicted molar refractivity (Wildman–Crippen MR) is 80.4 cm³/mol. The number of nitro benzene ring substituents is 1. The van der Waals surface area contributed by atoms with Gasteiger partial charge in [0.1, 0.15) is 11.5 Å². The SMILES string of the molecule is O=[N+]([O-])c1ccc(Oc2ccncc2Br)c2cccnc12. The summed E-state index contributed by atoms with van der Waals surface area (Å²) in [7, 11) is 0. The Morgan fingerprint density at radius 3 is 2.76 bits per heavy atom. The fourth-order valence-electron chi connectivity index (χ4n) is 1.93. The summed E-state index contributed by atoms with van der Waals surface area (Å²) < 4.78 is 6.50. The van der Waals surface area contributed by atoms with Crippen molar-refractivity contribution in [1.82, 2.24) is 9.97 Å². The fourth-order valence-corrected chi connectivity index (χ4v) is 2.26. The second-order valence-electron chi connectivity index (χ2n) is 4.15. The van der Waals surface area contributed by atoms with Crippen LogP contribution in [0.15, 0.2) is 53.4 Å². The van der Waals surface area contributed by atoms with Gasteiger partial charge in [-0.05, 0) is 34.1 Å². The largest absolute Gasteiger partial charge is 0.455 e. The average Bonchev–Trinajstić information content (AvgIpc) is 2.49. The predicted octanol–water partition coefficient (Wildman–Crippen LogP) is 4.09. The first-order valence-electron chi connectivity index (χ1n) is 5.96. The van der Waals surface area contributed by atoms with Crippen LogP contribution in [0.5, 0.6) is 11.5 Å². The number of nitrogens with zero attached hydrogens (tertiary/aromatic N) is 3. The molecule has 0 N–H and O–H groups in total. The minimum absolute atomic E-state index is 0.0493. The van der Waals surface area contributed by atoms with Gasteiger partial charge in [0.2, 0.25) is 0 Å². The maximum absolute atomic E-state index is 11.0. The van der Waals surface area contributed by atoms with Gasteiger partial charge in [-0.2, -0.15) is 0 Å². The number of nitro groups is 1. The smallest absolute Gasteiger partial charge is 0.295 e. The minimum atomic E-state index is -0.457. The zero-order chi connectivity index (χ0) is 14.8. The Hall–Kier alpha value is -2.54. The molecule has 0 amide bonds. The molecule has 2 aromatic heterocycles. The molecule has 21 heavy (non-hydrogen) atoms. The number of hydrogen-bond acceptors (Lipinski definition) is 5. The number of pyridine rings is 2. The highest BCUT2D eigenvalue weighted by Crippen LogP contribution is 2.35. The molecule has 0 aliphatic carbocycles. The van der Waals surface area contributed by atoms with Gasteiger partial charge in [-0.15, -0.1) is 0 Å². The highest BCUT2D eigenvalue weighted by Gasteiger charge is 2.16. The summed E-state index contributed by atoms with van der Waals surface area (Å²) in [6.07, 6.45) is 4.73. The summed E-state index contributed by atoms with van der Waals surface area (Å²) in [5.41, 5.74) is 0.247. The number of benzene rings is 1. The lowest BCUT2D eigenvalue weighted by atomic mass is 10.1. The maximum atomic E-state index is 11.0. The number of ether oxygens (including phenoxy) is 1. The van der Waals surface area contributed by atoms with Crippen LogP contribution < -0.4 is 4.74 Å². The van der Waals surface area contributed by atoms with E-state index in [1.165, 1.54) is 12.3 Å². The lowest BCUT2D eigenvalue weighted by molar-refractivity contribution is -0.383. The van der Waals surface area contributed by atoms with E-state index in [0.717, 1.165) is 0 Å². The molecule has 0 unspecified atom stereocenters. The van der Waals surface area contributed by atoms with E-state index in [4.69, 9.17) is 4.74 Å². The maximum Gasteiger partial charge on any atom is 0.295 e. The molecule has 0 atom stereocenters. The Bertz CT molecular complexity index is 839. The molecule has 3 aromatic rings. The molecule has 2 heterocycles. The van der Waals surface area contributed by atoms with E-state index in [2.05, 4.69) is 25.9 Å². The van der Waals surface area contributed by atoms with E-state index in [0.29, 0.717) is 26.9 Å². The van der Waals surface area contributed by atoms with E-state index in [9.17, 15) is 10.1 Å². The van der Waals surface area contributed by atoms with Crippen LogP contribution in [0.3, 0.4) is 0 Å². The van der Waals surface area contributed by atoms with Crippen molar-refractivity contribution >= 4 is 32.5 Å². The van der Waals surface area contributed by atoms with Gasteiger partial charge in [0, 0.05) is 36.1 Å². The van der Waals surface area contributed by atoms with Gasteiger partial charge in [-0.25, -0.2) is 4.98 Å². The van der Waals surface area contributed by atoms with Crippen molar-refractivity contribution in [3.63, 3.8) is 0 Å². The van der Waals surface area contributed by atoms with Crippen LogP contribution in [0.4, 0.5) is 5.69 Å². The molecule has 6 nitrogen and oxygen atoms in total. The molecule has 1 aromatic carbocycles. The van der Waals surface area contributed by atoms with Gasteiger partial charge in [-0.1, -0.05) is 0 Å². The number of fused-ring (bicyclic) bond motifs is 1. The van der Waals surface area contributed by atoms with Crippen LogP contribution in [-0.2, 0) is 0 Å². The number of halogens is 1. The molecule has 0 aliphatic rings. The molecule has 0 fully saturated rings. The molecular formula is C14H8BrN3O3. The van der Waals surface area contributed by atoms with Crippen molar-refractivity contribution in [3.8, 4) is 11.5 Å². The molecule has 0 saturated heterocycles. The Morgan fingerprint density at radius 1 is 1.14 bits per heavy atom. The second-order valence-corrected chi connectivity index (χ2v) is 5.00. The Balaban J connectivity index is 2.14. The van der Waals surface area contributed by atoms with E-state index in [1.807, 2.05) is 0 Å². The molecule has 3 rings (SSSR count).